The van der Waals surface area contributed by atoms with E-state index in [2.05, 4.69) is 12.2 Å². The maximum atomic E-state index is 13.2. The van der Waals surface area contributed by atoms with E-state index in [1.165, 1.54) is 4.90 Å². The van der Waals surface area contributed by atoms with Gasteiger partial charge in [-0.1, -0.05) is 13.0 Å². The summed E-state index contributed by atoms with van der Waals surface area (Å²) in [5.41, 5.74) is 4.19. The number of benzene rings is 2. The molecule has 0 aromatic heterocycles. The second-order valence-corrected chi connectivity index (χ2v) is 11.6. The predicted molar refractivity (Wildman–Crippen MR) is 133 cm³/mol. The lowest BCUT2D eigenvalue weighted by molar-refractivity contribution is -0.121. The fourth-order valence-corrected chi connectivity index (χ4v) is 6.34. The van der Waals surface area contributed by atoms with Crippen LogP contribution in [0.2, 0.25) is 0 Å². The minimum absolute atomic E-state index is 0.116. The van der Waals surface area contributed by atoms with Crippen molar-refractivity contribution >= 4 is 33.2 Å². The number of hydrogen-bond acceptors (Lipinski definition) is 4. The molecule has 0 bridgehead atoms. The Kier molecular flexibility index (Phi) is 7.09. The highest BCUT2D eigenvalue weighted by Gasteiger charge is 2.30. The Bertz CT molecular complexity index is 1180. The fourth-order valence-electron chi connectivity index (χ4n) is 4.82. The highest BCUT2D eigenvalue weighted by Crippen LogP contribution is 2.31. The van der Waals surface area contributed by atoms with Crippen LogP contribution in [0.15, 0.2) is 41.3 Å². The van der Waals surface area contributed by atoms with E-state index in [1.807, 2.05) is 32.0 Å². The lowest BCUT2D eigenvalue weighted by atomic mass is 10.0. The molecule has 0 saturated carbocycles. The molecule has 2 aromatic carbocycles. The lowest BCUT2D eigenvalue weighted by Crippen LogP contribution is -2.38. The summed E-state index contributed by atoms with van der Waals surface area (Å²) in [6, 6.07) is 10.8. The Morgan fingerprint density at radius 3 is 2.38 bits per heavy atom. The minimum Gasteiger partial charge on any atom is -0.325 e. The van der Waals surface area contributed by atoms with E-state index in [0.29, 0.717) is 49.6 Å². The summed E-state index contributed by atoms with van der Waals surface area (Å²) in [5, 5.41) is 2.89. The Morgan fingerprint density at radius 2 is 1.71 bits per heavy atom. The largest absolute Gasteiger partial charge is 0.325 e. The van der Waals surface area contributed by atoms with Gasteiger partial charge < -0.3 is 10.2 Å². The van der Waals surface area contributed by atoms with Crippen molar-refractivity contribution in [3.05, 3.63) is 53.1 Å². The number of fused-ring (bicyclic) bond motifs is 1. The van der Waals surface area contributed by atoms with E-state index in [9.17, 15) is 18.0 Å². The minimum atomic E-state index is -3.58. The van der Waals surface area contributed by atoms with Gasteiger partial charge in [0.2, 0.25) is 21.8 Å². The maximum Gasteiger partial charge on any atom is 0.244 e. The Morgan fingerprint density at radius 1 is 1.03 bits per heavy atom. The summed E-state index contributed by atoms with van der Waals surface area (Å²) >= 11 is 0. The first kappa shape index (κ1) is 24.4. The summed E-state index contributed by atoms with van der Waals surface area (Å²) in [6.45, 7) is 7.03. The summed E-state index contributed by atoms with van der Waals surface area (Å²) < 4.78 is 28.0. The molecule has 2 amide bonds. The molecule has 4 rings (SSSR count). The smallest absolute Gasteiger partial charge is 0.244 e. The van der Waals surface area contributed by atoms with E-state index in [4.69, 9.17) is 0 Å². The molecule has 34 heavy (non-hydrogen) atoms. The van der Waals surface area contributed by atoms with Crippen LogP contribution < -0.4 is 10.2 Å². The molecular weight excluding hydrogens is 450 g/mol. The molecule has 1 fully saturated rings. The number of aryl methyl sites for hydroxylation is 3. The van der Waals surface area contributed by atoms with E-state index in [-0.39, 0.29) is 23.3 Å². The SMILES string of the molecule is Cc1cc(C)cc(NC(=O)CN2C(=O)CCCc3cc(S(=O)(=O)N4CCC(C)CC4)ccc32)c1. The zero-order valence-corrected chi connectivity index (χ0v) is 21.0. The first-order chi connectivity index (χ1) is 16.1. The van der Waals surface area contributed by atoms with Crippen molar-refractivity contribution in [2.75, 3.05) is 29.9 Å². The monoisotopic (exact) mass is 483 g/mol. The fraction of sp³-hybridized carbons (Fsp3) is 0.462. The summed E-state index contributed by atoms with van der Waals surface area (Å²) in [5.74, 6) is 0.119. The molecule has 0 spiro atoms. The molecule has 8 heteroatoms. The molecule has 2 aliphatic rings. The topological polar surface area (TPSA) is 86.8 Å². The van der Waals surface area contributed by atoms with Gasteiger partial charge in [-0.25, -0.2) is 8.42 Å². The standard InChI is InChI=1S/C26H33N3O4S/c1-18-9-11-28(12-10-18)34(32,33)23-7-8-24-21(16-23)5-4-6-26(31)29(24)17-25(30)27-22-14-19(2)13-20(3)15-22/h7-8,13-16,18H,4-6,9-12,17H2,1-3H3,(H,27,30). The first-order valence-electron chi connectivity index (χ1n) is 11.9. The van der Waals surface area contributed by atoms with Crippen molar-refractivity contribution in [1.29, 1.82) is 0 Å². The van der Waals surface area contributed by atoms with E-state index in [0.717, 1.165) is 29.5 Å². The average Bonchev–Trinajstić information content (AvgIpc) is 2.91. The van der Waals surface area contributed by atoms with Crippen LogP contribution in [0.5, 0.6) is 0 Å². The van der Waals surface area contributed by atoms with Crippen LogP contribution in [0.3, 0.4) is 0 Å². The van der Waals surface area contributed by atoms with Crippen molar-refractivity contribution in [2.45, 2.75) is 57.8 Å². The van der Waals surface area contributed by atoms with Gasteiger partial charge >= 0.3 is 0 Å². The highest BCUT2D eigenvalue weighted by atomic mass is 32.2. The third kappa shape index (κ3) is 5.33. The number of carbonyl (C=O) groups excluding carboxylic acids is 2. The number of carbonyl (C=O) groups is 2. The van der Waals surface area contributed by atoms with E-state index >= 15 is 0 Å². The summed E-state index contributed by atoms with van der Waals surface area (Å²) in [6.07, 6.45) is 3.25. The van der Waals surface area contributed by atoms with Crippen LogP contribution in [-0.4, -0.2) is 44.2 Å². The molecule has 2 heterocycles. The van der Waals surface area contributed by atoms with Crippen molar-refractivity contribution in [2.24, 2.45) is 5.92 Å². The van der Waals surface area contributed by atoms with Crippen LogP contribution in [0, 0.1) is 19.8 Å². The third-order valence-corrected chi connectivity index (χ3v) is 8.56. The van der Waals surface area contributed by atoms with Gasteiger partial charge in [-0.2, -0.15) is 4.31 Å². The van der Waals surface area contributed by atoms with Gasteiger partial charge in [0.15, 0.2) is 0 Å². The van der Waals surface area contributed by atoms with Gasteiger partial charge in [0, 0.05) is 30.9 Å². The van der Waals surface area contributed by atoms with Crippen LogP contribution in [0.4, 0.5) is 11.4 Å². The molecule has 1 saturated heterocycles. The van der Waals surface area contributed by atoms with Gasteiger partial charge in [0.1, 0.15) is 6.54 Å². The molecule has 0 atom stereocenters. The Hall–Kier alpha value is -2.71. The molecule has 2 aromatic rings. The molecule has 0 unspecified atom stereocenters. The van der Waals surface area contributed by atoms with Crippen LogP contribution >= 0.6 is 0 Å². The Balaban J connectivity index is 1.56. The molecule has 0 radical (unpaired) electrons. The van der Waals surface area contributed by atoms with Crippen LogP contribution in [-0.2, 0) is 26.0 Å². The van der Waals surface area contributed by atoms with Gasteiger partial charge in [-0.15, -0.1) is 0 Å². The van der Waals surface area contributed by atoms with Gasteiger partial charge in [-0.05, 0) is 92.5 Å². The van der Waals surface area contributed by atoms with E-state index < -0.39 is 10.0 Å². The van der Waals surface area contributed by atoms with Crippen molar-refractivity contribution in [3.8, 4) is 0 Å². The van der Waals surface area contributed by atoms with Crippen LogP contribution in [0.1, 0.15) is 49.3 Å². The zero-order valence-electron chi connectivity index (χ0n) is 20.1. The van der Waals surface area contributed by atoms with Gasteiger partial charge in [0.05, 0.1) is 4.90 Å². The number of rotatable bonds is 5. The number of sulfonamides is 1. The predicted octanol–water partition coefficient (Wildman–Crippen LogP) is 4.03. The average molecular weight is 484 g/mol. The molecule has 7 nitrogen and oxygen atoms in total. The first-order valence-corrected chi connectivity index (χ1v) is 13.4. The second-order valence-electron chi connectivity index (χ2n) is 9.64. The number of nitrogens with one attached hydrogen (secondary N) is 1. The number of piperidine rings is 1. The molecule has 1 N–H and O–H groups in total. The molecule has 182 valence electrons. The van der Waals surface area contributed by atoms with E-state index in [1.54, 1.807) is 22.5 Å². The van der Waals surface area contributed by atoms with Gasteiger partial charge in [0.25, 0.3) is 0 Å². The van der Waals surface area contributed by atoms with Crippen molar-refractivity contribution < 1.29 is 18.0 Å². The summed E-state index contributed by atoms with van der Waals surface area (Å²) in [7, 11) is -3.58. The molecule has 2 aliphatic heterocycles. The zero-order chi connectivity index (χ0) is 24.5. The number of nitrogens with zero attached hydrogens (tertiary/aromatic N) is 2. The van der Waals surface area contributed by atoms with Crippen molar-refractivity contribution in [3.63, 3.8) is 0 Å². The normalized spacial score (nSPS) is 17.9. The number of hydrogen-bond donors (Lipinski definition) is 1. The Labute approximate surface area is 202 Å². The molecule has 0 aliphatic carbocycles. The summed E-state index contributed by atoms with van der Waals surface area (Å²) in [4.78, 5) is 27.4. The number of amides is 2. The van der Waals surface area contributed by atoms with Crippen molar-refractivity contribution in [1.82, 2.24) is 4.31 Å². The second kappa shape index (κ2) is 9.88. The highest BCUT2D eigenvalue weighted by molar-refractivity contribution is 7.89. The van der Waals surface area contributed by atoms with Gasteiger partial charge in [-0.3, -0.25) is 9.59 Å². The quantitative estimate of drug-likeness (QED) is 0.696. The number of anilines is 2. The lowest BCUT2D eigenvalue weighted by Gasteiger charge is -2.30. The third-order valence-electron chi connectivity index (χ3n) is 6.67. The molecular formula is C26H33N3O4S. The van der Waals surface area contributed by atoms with Crippen LogP contribution in [0.25, 0.3) is 0 Å². The maximum absolute atomic E-state index is 13.2.